The molecule has 1 fully saturated rings. The molecule has 0 bridgehead atoms. The lowest BCUT2D eigenvalue weighted by molar-refractivity contribution is -0.132. The van der Waals surface area contributed by atoms with E-state index in [4.69, 9.17) is 5.73 Å². The van der Waals surface area contributed by atoms with Gasteiger partial charge in [0, 0.05) is 44.8 Å². The van der Waals surface area contributed by atoms with Gasteiger partial charge < -0.3 is 15.5 Å². The molecule has 0 aliphatic carbocycles. The van der Waals surface area contributed by atoms with Crippen LogP contribution in [-0.2, 0) is 4.79 Å². The van der Waals surface area contributed by atoms with Crippen LogP contribution in [0.4, 0.5) is 5.82 Å². The minimum atomic E-state index is -0.0625. The lowest BCUT2D eigenvalue weighted by Gasteiger charge is -2.35. The molecule has 0 saturated carbocycles. The number of hydrogen-bond acceptors (Lipinski definition) is 4. The molecule has 1 unspecified atom stereocenters. The van der Waals surface area contributed by atoms with Crippen LogP contribution in [0.3, 0.4) is 0 Å². The molecule has 0 spiro atoms. The van der Waals surface area contributed by atoms with Crippen LogP contribution in [0.1, 0.15) is 33.1 Å². The molecule has 2 N–H and O–H groups in total. The fourth-order valence-electron chi connectivity index (χ4n) is 3.01. The van der Waals surface area contributed by atoms with E-state index in [0.29, 0.717) is 12.3 Å². The normalized spacial score (nSPS) is 17.3. The monoisotopic (exact) mass is 304 g/mol. The number of amides is 1. The van der Waals surface area contributed by atoms with E-state index in [1.165, 1.54) is 0 Å². The topological polar surface area (TPSA) is 62.5 Å². The van der Waals surface area contributed by atoms with Crippen molar-refractivity contribution in [3.05, 3.63) is 24.4 Å². The molecule has 1 aliphatic rings. The van der Waals surface area contributed by atoms with Gasteiger partial charge in [-0.2, -0.15) is 0 Å². The van der Waals surface area contributed by atoms with Crippen LogP contribution >= 0.6 is 0 Å². The Hall–Kier alpha value is -1.62. The Bertz CT molecular complexity index is 455. The number of rotatable bonds is 6. The lowest BCUT2D eigenvalue weighted by Crippen LogP contribution is -2.42. The van der Waals surface area contributed by atoms with Crippen LogP contribution in [0.25, 0.3) is 0 Å². The largest absolute Gasteiger partial charge is 0.357 e. The standard InChI is InChI=1S/C17H28N4O/c1-3-20(17(22)12-14(2)18)13-15-7-10-21(11-8-15)16-6-4-5-9-19-16/h4-6,9,14-15H,3,7-8,10-13,18H2,1-2H3. The molecule has 5 heteroatoms. The highest BCUT2D eigenvalue weighted by atomic mass is 16.2. The van der Waals surface area contributed by atoms with Crippen molar-refractivity contribution >= 4 is 11.7 Å². The number of nitrogens with zero attached hydrogens (tertiary/aromatic N) is 3. The molecule has 22 heavy (non-hydrogen) atoms. The molecule has 1 aromatic heterocycles. The summed E-state index contributed by atoms with van der Waals surface area (Å²) in [5.74, 6) is 1.82. The van der Waals surface area contributed by atoms with Gasteiger partial charge in [-0.05, 0) is 44.7 Å². The summed E-state index contributed by atoms with van der Waals surface area (Å²) in [7, 11) is 0. The Balaban J connectivity index is 1.82. The fourth-order valence-corrected chi connectivity index (χ4v) is 3.01. The summed E-state index contributed by atoms with van der Waals surface area (Å²) < 4.78 is 0. The van der Waals surface area contributed by atoms with E-state index in [2.05, 4.69) is 16.0 Å². The summed E-state index contributed by atoms with van der Waals surface area (Å²) in [5, 5.41) is 0. The SMILES string of the molecule is CCN(CC1CCN(c2ccccn2)CC1)C(=O)CC(C)N. The van der Waals surface area contributed by atoms with Crippen LogP contribution in [-0.4, -0.2) is 48.0 Å². The third-order valence-corrected chi connectivity index (χ3v) is 4.30. The van der Waals surface area contributed by atoms with Crippen molar-refractivity contribution in [3.63, 3.8) is 0 Å². The molecule has 2 rings (SSSR count). The Morgan fingerprint density at radius 2 is 2.18 bits per heavy atom. The van der Waals surface area contributed by atoms with E-state index in [9.17, 15) is 4.79 Å². The van der Waals surface area contributed by atoms with Crippen LogP contribution in [0.15, 0.2) is 24.4 Å². The first-order valence-corrected chi connectivity index (χ1v) is 8.29. The van der Waals surface area contributed by atoms with Gasteiger partial charge >= 0.3 is 0 Å². The van der Waals surface area contributed by atoms with Crippen molar-refractivity contribution < 1.29 is 4.79 Å². The summed E-state index contributed by atoms with van der Waals surface area (Å²) in [6, 6.07) is 5.97. The predicted molar refractivity (Wildman–Crippen MR) is 89.7 cm³/mol. The number of hydrogen-bond donors (Lipinski definition) is 1. The molecule has 0 aromatic carbocycles. The zero-order chi connectivity index (χ0) is 15.9. The van der Waals surface area contributed by atoms with Gasteiger partial charge in [0.15, 0.2) is 0 Å². The lowest BCUT2D eigenvalue weighted by atomic mass is 9.96. The summed E-state index contributed by atoms with van der Waals surface area (Å²) in [4.78, 5) is 20.9. The second-order valence-corrected chi connectivity index (χ2v) is 6.23. The van der Waals surface area contributed by atoms with E-state index < -0.39 is 0 Å². The Morgan fingerprint density at radius 1 is 1.45 bits per heavy atom. The second kappa shape index (κ2) is 8.13. The Kier molecular flexibility index (Phi) is 6.19. The van der Waals surface area contributed by atoms with Crippen LogP contribution in [0.5, 0.6) is 0 Å². The number of anilines is 1. The molecule has 1 amide bonds. The van der Waals surface area contributed by atoms with E-state index in [-0.39, 0.29) is 11.9 Å². The zero-order valence-corrected chi connectivity index (χ0v) is 13.7. The van der Waals surface area contributed by atoms with Gasteiger partial charge in [-0.1, -0.05) is 6.07 Å². The first kappa shape index (κ1) is 16.7. The van der Waals surface area contributed by atoms with Crippen LogP contribution in [0.2, 0.25) is 0 Å². The molecule has 5 nitrogen and oxygen atoms in total. The smallest absolute Gasteiger partial charge is 0.224 e. The maximum Gasteiger partial charge on any atom is 0.224 e. The van der Waals surface area contributed by atoms with Gasteiger partial charge in [-0.15, -0.1) is 0 Å². The molecule has 1 aromatic rings. The zero-order valence-electron chi connectivity index (χ0n) is 13.7. The molecule has 1 atom stereocenters. The van der Waals surface area contributed by atoms with Gasteiger partial charge in [0.05, 0.1) is 0 Å². The van der Waals surface area contributed by atoms with Crippen molar-refractivity contribution in [1.82, 2.24) is 9.88 Å². The number of pyridine rings is 1. The van der Waals surface area contributed by atoms with E-state index in [1.54, 1.807) is 0 Å². The number of carbonyl (C=O) groups is 1. The third kappa shape index (κ3) is 4.70. The highest BCUT2D eigenvalue weighted by Crippen LogP contribution is 2.22. The van der Waals surface area contributed by atoms with Gasteiger partial charge in [-0.3, -0.25) is 4.79 Å². The first-order chi connectivity index (χ1) is 10.6. The first-order valence-electron chi connectivity index (χ1n) is 8.29. The van der Waals surface area contributed by atoms with Gasteiger partial charge in [-0.25, -0.2) is 4.98 Å². The summed E-state index contributed by atoms with van der Waals surface area (Å²) in [6.07, 6.45) is 4.50. The minimum absolute atomic E-state index is 0.0625. The quantitative estimate of drug-likeness (QED) is 0.871. The number of piperidine rings is 1. The van der Waals surface area contributed by atoms with Crippen molar-refractivity contribution in [2.75, 3.05) is 31.1 Å². The van der Waals surface area contributed by atoms with Crippen molar-refractivity contribution in [2.45, 2.75) is 39.2 Å². The van der Waals surface area contributed by atoms with Crippen molar-refractivity contribution in [2.24, 2.45) is 11.7 Å². The Morgan fingerprint density at radius 3 is 2.73 bits per heavy atom. The van der Waals surface area contributed by atoms with Crippen molar-refractivity contribution in [1.29, 1.82) is 0 Å². The predicted octanol–water partition coefficient (Wildman–Crippen LogP) is 1.88. The number of aromatic nitrogens is 1. The fraction of sp³-hybridized carbons (Fsp3) is 0.647. The minimum Gasteiger partial charge on any atom is -0.357 e. The molecule has 0 radical (unpaired) electrons. The van der Waals surface area contributed by atoms with Crippen LogP contribution in [0, 0.1) is 5.92 Å². The van der Waals surface area contributed by atoms with Gasteiger partial charge in [0.25, 0.3) is 0 Å². The van der Waals surface area contributed by atoms with Gasteiger partial charge in [0.1, 0.15) is 5.82 Å². The number of nitrogens with two attached hydrogens (primary N) is 1. The summed E-state index contributed by atoms with van der Waals surface area (Å²) >= 11 is 0. The average Bonchev–Trinajstić information content (AvgIpc) is 2.53. The molecular weight excluding hydrogens is 276 g/mol. The average molecular weight is 304 g/mol. The maximum atomic E-state index is 12.2. The molecule has 1 saturated heterocycles. The Labute approximate surface area is 133 Å². The maximum absolute atomic E-state index is 12.2. The van der Waals surface area contributed by atoms with Crippen molar-refractivity contribution in [3.8, 4) is 0 Å². The molecular formula is C17H28N4O. The molecule has 1 aliphatic heterocycles. The highest BCUT2D eigenvalue weighted by Gasteiger charge is 2.23. The van der Waals surface area contributed by atoms with Gasteiger partial charge in [0.2, 0.25) is 5.91 Å². The van der Waals surface area contributed by atoms with E-state index in [0.717, 1.165) is 44.8 Å². The molecule has 2 heterocycles. The van der Waals surface area contributed by atoms with E-state index >= 15 is 0 Å². The number of carbonyl (C=O) groups excluding carboxylic acids is 1. The second-order valence-electron chi connectivity index (χ2n) is 6.23. The van der Waals surface area contributed by atoms with Crippen LogP contribution < -0.4 is 10.6 Å². The highest BCUT2D eigenvalue weighted by molar-refractivity contribution is 5.76. The summed E-state index contributed by atoms with van der Waals surface area (Å²) in [6.45, 7) is 7.59. The van der Waals surface area contributed by atoms with E-state index in [1.807, 2.05) is 37.1 Å². The summed E-state index contributed by atoms with van der Waals surface area (Å²) in [5.41, 5.74) is 5.74. The molecule has 122 valence electrons. The third-order valence-electron chi connectivity index (χ3n) is 4.30.